The third-order valence-corrected chi connectivity index (χ3v) is 3.15. The van der Waals surface area contributed by atoms with Crippen LogP contribution in [0.2, 0.25) is 0 Å². The van der Waals surface area contributed by atoms with Gasteiger partial charge in [0.05, 0.1) is 5.56 Å². The molecule has 0 saturated heterocycles. The average molecular weight is 290 g/mol. The zero-order valence-electron chi connectivity index (χ0n) is 10.4. The van der Waals surface area contributed by atoms with Gasteiger partial charge < -0.3 is 10.4 Å². The van der Waals surface area contributed by atoms with Crippen LogP contribution in [0, 0.1) is 0 Å². The zero-order valence-corrected chi connectivity index (χ0v) is 11.2. The average Bonchev–Trinajstić information content (AvgIpc) is 2.47. The smallest absolute Gasteiger partial charge is 0.335 e. The van der Waals surface area contributed by atoms with Gasteiger partial charge in [0.15, 0.2) is 0 Å². The van der Waals surface area contributed by atoms with Crippen LogP contribution in [0.4, 0.5) is 5.69 Å². The number of aromatic carboxylic acids is 1. The number of carboxylic acid groups (broad SMARTS) is 1. The van der Waals surface area contributed by atoms with E-state index in [1.807, 2.05) is 6.07 Å². The van der Waals surface area contributed by atoms with E-state index in [2.05, 4.69) is 5.32 Å². The molecule has 20 heavy (non-hydrogen) atoms. The van der Waals surface area contributed by atoms with Crippen LogP contribution in [-0.2, 0) is 4.79 Å². The molecule has 5 heteroatoms. The molecule has 0 spiro atoms. The summed E-state index contributed by atoms with van der Waals surface area (Å²) in [5.41, 5.74) is 1.19. The maximum absolute atomic E-state index is 12.0. The summed E-state index contributed by atoms with van der Waals surface area (Å²) in [6.45, 7) is 0. The van der Waals surface area contributed by atoms with Crippen LogP contribution < -0.4 is 5.32 Å². The van der Waals surface area contributed by atoms with Gasteiger partial charge in [-0.15, -0.1) is 11.6 Å². The van der Waals surface area contributed by atoms with E-state index in [1.165, 1.54) is 12.1 Å². The fraction of sp³-hybridized carbons (Fsp3) is 0.0667. The lowest BCUT2D eigenvalue weighted by molar-refractivity contribution is -0.116. The third-order valence-electron chi connectivity index (χ3n) is 2.70. The van der Waals surface area contributed by atoms with E-state index < -0.39 is 17.3 Å². The maximum Gasteiger partial charge on any atom is 0.335 e. The lowest BCUT2D eigenvalue weighted by Gasteiger charge is -2.11. The molecule has 2 aromatic carbocycles. The second-order valence-electron chi connectivity index (χ2n) is 4.15. The van der Waals surface area contributed by atoms with Gasteiger partial charge in [-0.25, -0.2) is 4.79 Å². The second-order valence-corrected chi connectivity index (χ2v) is 4.58. The molecule has 0 heterocycles. The predicted octanol–water partition coefficient (Wildman–Crippen LogP) is 3.30. The standard InChI is InChI=1S/C15H12ClNO3/c16-13(10-5-2-1-3-6-10)14(18)17-12-8-4-7-11(9-12)15(19)20/h1-9,13H,(H,17,18)(H,19,20). The van der Waals surface area contributed by atoms with Gasteiger partial charge in [0.1, 0.15) is 5.38 Å². The minimum absolute atomic E-state index is 0.105. The van der Waals surface area contributed by atoms with Crippen molar-refractivity contribution >= 4 is 29.2 Å². The Hall–Kier alpha value is -2.33. The lowest BCUT2D eigenvalue weighted by atomic mass is 10.1. The number of hydrogen-bond acceptors (Lipinski definition) is 2. The summed E-state index contributed by atoms with van der Waals surface area (Å²) in [6, 6.07) is 14.9. The number of hydrogen-bond donors (Lipinski definition) is 2. The fourth-order valence-corrected chi connectivity index (χ4v) is 1.91. The molecule has 0 aromatic heterocycles. The van der Waals surface area contributed by atoms with E-state index in [0.29, 0.717) is 11.3 Å². The Kier molecular flexibility index (Phi) is 4.38. The summed E-state index contributed by atoms with van der Waals surface area (Å²) in [6.07, 6.45) is 0. The largest absolute Gasteiger partial charge is 0.478 e. The van der Waals surface area contributed by atoms with Crippen molar-refractivity contribution in [1.82, 2.24) is 0 Å². The molecule has 0 saturated carbocycles. The molecule has 0 bridgehead atoms. The van der Waals surface area contributed by atoms with Gasteiger partial charge in [0.2, 0.25) is 5.91 Å². The Balaban J connectivity index is 2.12. The summed E-state index contributed by atoms with van der Waals surface area (Å²) >= 11 is 6.08. The first-order chi connectivity index (χ1) is 9.58. The van der Waals surface area contributed by atoms with Crippen LogP contribution in [0.5, 0.6) is 0 Å². The van der Waals surface area contributed by atoms with E-state index >= 15 is 0 Å². The van der Waals surface area contributed by atoms with Gasteiger partial charge in [-0.05, 0) is 23.8 Å². The maximum atomic E-state index is 12.0. The molecule has 0 aliphatic heterocycles. The van der Waals surface area contributed by atoms with Crippen molar-refractivity contribution in [3.8, 4) is 0 Å². The van der Waals surface area contributed by atoms with Crippen LogP contribution in [0.15, 0.2) is 54.6 Å². The molecule has 0 aliphatic rings. The molecule has 2 aromatic rings. The number of carbonyl (C=O) groups excluding carboxylic acids is 1. The molecule has 2 rings (SSSR count). The topological polar surface area (TPSA) is 66.4 Å². The van der Waals surface area contributed by atoms with Gasteiger partial charge >= 0.3 is 5.97 Å². The summed E-state index contributed by atoms with van der Waals surface area (Å²) in [5.74, 6) is -1.45. The minimum Gasteiger partial charge on any atom is -0.478 e. The molecule has 102 valence electrons. The summed E-state index contributed by atoms with van der Waals surface area (Å²) < 4.78 is 0. The van der Waals surface area contributed by atoms with Crippen LogP contribution in [-0.4, -0.2) is 17.0 Å². The highest BCUT2D eigenvalue weighted by Crippen LogP contribution is 2.22. The fourth-order valence-electron chi connectivity index (χ4n) is 1.71. The number of carboxylic acids is 1. The molecular weight excluding hydrogens is 278 g/mol. The molecule has 1 unspecified atom stereocenters. The van der Waals surface area contributed by atoms with Crippen LogP contribution in [0.1, 0.15) is 21.3 Å². The molecule has 1 atom stereocenters. The van der Waals surface area contributed by atoms with Gasteiger partial charge in [0.25, 0.3) is 0 Å². The van der Waals surface area contributed by atoms with Gasteiger partial charge in [-0.2, -0.15) is 0 Å². The Morgan fingerprint density at radius 3 is 2.40 bits per heavy atom. The number of benzene rings is 2. The van der Waals surface area contributed by atoms with E-state index in [9.17, 15) is 9.59 Å². The van der Waals surface area contributed by atoms with Crippen molar-refractivity contribution in [2.45, 2.75) is 5.38 Å². The summed E-state index contributed by atoms with van der Waals surface area (Å²) in [5, 5.41) is 10.7. The highest BCUT2D eigenvalue weighted by atomic mass is 35.5. The number of anilines is 1. The highest BCUT2D eigenvalue weighted by Gasteiger charge is 2.17. The van der Waals surface area contributed by atoms with E-state index in [-0.39, 0.29) is 5.56 Å². The molecule has 2 N–H and O–H groups in total. The minimum atomic E-state index is -1.05. The number of nitrogens with one attached hydrogen (secondary N) is 1. The predicted molar refractivity (Wildman–Crippen MR) is 77.1 cm³/mol. The van der Waals surface area contributed by atoms with Gasteiger partial charge in [0, 0.05) is 5.69 Å². The number of alkyl halides is 1. The lowest BCUT2D eigenvalue weighted by Crippen LogP contribution is -2.17. The number of carbonyl (C=O) groups is 2. The van der Waals surface area contributed by atoms with E-state index in [4.69, 9.17) is 16.7 Å². The van der Waals surface area contributed by atoms with Crippen LogP contribution in [0.3, 0.4) is 0 Å². The molecule has 0 aliphatic carbocycles. The monoisotopic (exact) mass is 289 g/mol. The highest BCUT2D eigenvalue weighted by molar-refractivity contribution is 6.32. The number of rotatable bonds is 4. The quantitative estimate of drug-likeness (QED) is 0.849. The van der Waals surface area contributed by atoms with Crippen LogP contribution in [0.25, 0.3) is 0 Å². The summed E-state index contributed by atoms with van der Waals surface area (Å²) in [4.78, 5) is 22.9. The molecule has 1 amide bonds. The van der Waals surface area contributed by atoms with E-state index in [0.717, 1.165) is 0 Å². The molecule has 4 nitrogen and oxygen atoms in total. The normalized spacial score (nSPS) is 11.7. The summed E-state index contributed by atoms with van der Waals surface area (Å²) in [7, 11) is 0. The van der Waals surface area contributed by atoms with Crippen molar-refractivity contribution in [2.24, 2.45) is 0 Å². The first-order valence-corrected chi connectivity index (χ1v) is 6.35. The van der Waals surface area contributed by atoms with Gasteiger partial charge in [-0.3, -0.25) is 4.79 Å². The second kappa shape index (κ2) is 6.21. The first kappa shape index (κ1) is 14.1. The van der Waals surface area contributed by atoms with Crippen LogP contribution >= 0.6 is 11.6 Å². The molecule has 0 radical (unpaired) electrons. The Morgan fingerprint density at radius 2 is 1.75 bits per heavy atom. The molecular formula is C15H12ClNO3. The Morgan fingerprint density at radius 1 is 1.05 bits per heavy atom. The zero-order chi connectivity index (χ0) is 14.5. The Labute approximate surface area is 121 Å². The Bertz CT molecular complexity index is 628. The first-order valence-electron chi connectivity index (χ1n) is 5.91. The third kappa shape index (κ3) is 3.36. The van der Waals surface area contributed by atoms with Crippen molar-refractivity contribution in [1.29, 1.82) is 0 Å². The number of amides is 1. The van der Waals surface area contributed by atoms with Crippen molar-refractivity contribution < 1.29 is 14.7 Å². The number of halogens is 1. The van der Waals surface area contributed by atoms with Crippen molar-refractivity contribution in [3.05, 3.63) is 65.7 Å². The SMILES string of the molecule is O=C(O)c1cccc(NC(=O)C(Cl)c2ccccc2)c1. The van der Waals surface area contributed by atoms with Crippen molar-refractivity contribution in [2.75, 3.05) is 5.32 Å². The van der Waals surface area contributed by atoms with E-state index in [1.54, 1.807) is 36.4 Å². The molecule has 0 fully saturated rings. The van der Waals surface area contributed by atoms with Crippen molar-refractivity contribution in [3.63, 3.8) is 0 Å². The van der Waals surface area contributed by atoms with Gasteiger partial charge in [-0.1, -0.05) is 36.4 Å².